The molecule has 3 nitrogen and oxygen atoms in total. The Bertz CT molecular complexity index is 70.4. The Morgan fingerprint density at radius 3 is 2.38 bits per heavy atom. The summed E-state index contributed by atoms with van der Waals surface area (Å²) < 4.78 is 0. The number of hydrazine groups is 1. The minimum atomic E-state index is -0.392. The standard InChI is InChI=1S/C4H9BN2O/c5-3-1-6-7-2-4(3)8/h3-4,6-8H,1-2H2/t3-,4-/m1/s1. The molecule has 1 saturated heterocycles. The van der Waals surface area contributed by atoms with Crippen molar-refractivity contribution in [2.24, 2.45) is 0 Å². The lowest BCUT2D eigenvalue weighted by Crippen LogP contribution is -2.48. The molecule has 0 bridgehead atoms. The average molecular weight is 112 g/mol. The fourth-order valence-electron chi connectivity index (χ4n) is 0.654. The van der Waals surface area contributed by atoms with Crippen LogP contribution in [0.5, 0.6) is 0 Å². The first kappa shape index (κ1) is 6.07. The Balaban J connectivity index is 2.28. The third-order valence-electron chi connectivity index (χ3n) is 1.27. The number of aliphatic hydroxyl groups is 1. The van der Waals surface area contributed by atoms with Crippen molar-refractivity contribution < 1.29 is 5.11 Å². The van der Waals surface area contributed by atoms with Gasteiger partial charge in [-0.15, -0.1) is 0 Å². The second kappa shape index (κ2) is 2.48. The van der Waals surface area contributed by atoms with Crippen LogP contribution < -0.4 is 10.9 Å². The van der Waals surface area contributed by atoms with Crippen LogP contribution in [0.15, 0.2) is 0 Å². The molecule has 44 valence electrons. The zero-order valence-electron chi connectivity index (χ0n) is 4.59. The molecule has 8 heavy (non-hydrogen) atoms. The molecule has 4 heteroatoms. The quantitative estimate of drug-likeness (QED) is 0.331. The first-order chi connectivity index (χ1) is 3.80. The fourth-order valence-corrected chi connectivity index (χ4v) is 0.654. The maximum atomic E-state index is 8.95. The molecule has 0 unspecified atom stereocenters. The summed E-state index contributed by atoms with van der Waals surface area (Å²) in [5.74, 6) is -0.115. The third-order valence-corrected chi connectivity index (χ3v) is 1.27. The Morgan fingerprint density at radius 1 is 1.38 bits per heavy atom. The number of hydrogen-bond acceptors (Lipinski definition) is 3. The molecule has 0 aromatic carbocycles. The number of β-amino-alcohol motifs (C(OH)–C–C–N with tert-alkyl or cyclic N) is 1. The zero-order chi connectivity index (χ0) is 5.98. The van der Waals surface area contributed by atoms with Gasteiger partial charge in [0.05, 0.1) is 14.0 Å². The molecule has 0 amide bonds. The van der Waals surface area contributed by atoms with Crippen LogP contribution in [0.3, 0.4) is 0 Å². The molecule has 0 aromatic rings. The van der Waals surface area contributed by atoms with Gasteiger partial charge in [0.25, 0.3) is 0 Å². The van der Waals surface area contributed by atoms with Gasteiger partial charge in [-0.25, -0.2) is 0 Å². The second-order valence-electron chi connectivity index (χ2n) is 1.99. The van der Waals surface area contributed by atoms with Crippen molar-refractivity contribution >= 4 is 7.85 Å². The summed E-state index contributed by atoms with van der Waals surface area (Å²) in [4.78, 5) is 0. The molecule has 1 heterocycles. The van der Waals surface area contributed by atoms with E-state index in [0.29, 0.717) is 13.1 Å². The molecule has 0 spiro atoms. The van der Waals surface area contributed by atoms with Gasteiger partial charge in [0.2, 0.25) is 0 Å². The van der Waals surface area contributed by atoms with Crippen LogP contribution in [0.4, 0.5) is 0 Å². The summed E-state index contributed by atoms with van der Waals surface area (Å²) in [6, 6.07) is 0. The number of aliphatic hydroxyl groups excluding tert-OH is 1. The van der Waals surface area contributed by atoms with Gasteiger partial charge in [-0.2, -0.15) is 0 Å². The molecule has 1 rings (SSSR count). The Hall–Kier alpha value is -0.0551. The summed E-state index contributed by atoms with van der Waals surface area (Å²) in [6.07, 6.45) is -0.392. The monoisotopic (exact) mass is 112 g/mol. The Labute approximate surface area is 49.8 Å². The van der Waals surface area contributed by atoms with Crippen LogP contribution in [0, 0.1) is 0 Å². The normalized spacial score (nSPS) is 39.6. The number of nitrogens with one attached hydrogen (secondary N) is 2. The van der Waals surface area contributed by atoms with Crippen molar-refractivity contribution in [2.45, 2.75) is 11.9 Å². The molecule has 0 aliphatic carbocycles. The van der Waals surface area contributed by atoms with Gasteiger partial charge < -0.3 is 5.11 Å². The molecular formula is C4H9BN2O. The number of rotatable bonds is 0. The maximum absolute atomic E-state index is 8.95. The van der Waals surface area contributed by atoms with E-state index in [4.69, 9.17) is 13.0 Å². The third kappa shape index (κ3) is 1.21. The minimum Gasteiger partial charge on any atom is -0.392 e. The van der Waals surface area contributed by atoms with E-state index in [2.05, 4.69) is 10.9 Å². The minimum absolute atomic E-state index is 0.115. The summed E-state index contributed by atoms with van der Waals surface area (Å²) in [7, 11) is 5.43. The average Bonchev–Trinajstić information content (AvgIpc) is 1.77. The van der Waals surface area contributed by atoms with Crippen molar-refractivity contribution in [1.82, 2.24) is 10.9 Å². The van der Waals surface area contributed by atoms with Gasteiger partial charge in [0, 0.05) is 13.1 Å². The molecular weight excluding hydrogens is 103 g/mol. The first-order valence-corrected chi connectivity index (χ1v) is 2.70. The lowest BCUT2D eigenvalue weighted by Gasteiger charge is -2.25. The molecule has 0 aromatic heterocycles. The van der Waals surface area contributed by atoms with Gasteiger partial charge in [0.1, 0.15) is 0 Å². The van der Waals surface area contributed by atoms with Gasteiger partial charge in [-0.1, -0.05) is 0 Å². The van der Waals surface area contributed by atoms with Gasteiger partial charge in [0.15, 0.2) is 0 Å². The highest BCUT2D eigenvalue weighted by Crippen LogP contribution is 2.05. The maximum Gasteiger partial charge on any atom is 0.0753 e. The van der Waals surface area contributed by atoms with E-state index in [1.165, 1.54) is 0 Å². The van der Waals surface area contributed by atoms with E-state index >= 15 is 0 Å². The van der Waals surface area contributed by atoms with E-state index in [0.717, 1.165) is 0 Å². The summed E-state index contributed by atoms with van der Waals surface area (Å²) in [6.45, 7) is 1.18. The summed E-state index contributed by atoms with van der Waals surface area (Å²) in [5, 5.41) is 8.95. The van der Waals surface area contributed by atoms with Crippen molar-refractivity contribution in [3.8, 4) is 0 Å². The molecule has 2 atom stereocenters. The topological polar surface area (TPSA) is 44.3 Å². The van der Waals surface area contributed by atoms with E-state index in [1.807, 2.05) is 0 Å². The van der Waals surface area contributed by atoms with Gasteiger partial charge in [-0.3, -0.25) is 10.9 Å². The fraction of sp³-hybridized carbons (Fsp3) is 1.00. The lowest BCUT2D eigenvalue weighted by molar-refractivity contribution is 0.134. The lowest BCUT2D eigenvalue weighted by atomic mass is 9.82. The predicted octanol–water partition coefficient (Wildman–Crippen LogP) is -1.59. The number of hydrogen-bond donors (Lipinski definition) is 3. The molecule has 0 saturated carbocycles. The smallest absolute Gasteiger partial charge is 0.0753 e. The molecule has 1 fully saturated rings. The molecule has 2 radical (unpaired) electrons. The summed E-state index contributed by atoms with van der Waals surface area (Å²) >= 11 is 0. The van der Waals surface area contributed by atoms with Gasteiger partial charge >= 0.3 is 0 Å². The second-order valence-corrected chi connectivity index (χ2v) is 1.99. The highest BCUT2D eigenvalue weighted by Gasteiger charge is 2.16. The largest absolute Gasteiger partial charge is 0.392 e. The van der Waals surface area contributed by atoms with E-state index in [9.17, 15) is 0 Å². The Morgan fingerprint density at radius 2 is 2.00 bits per heavy atom. The van der Waals surface area contributed by atoms with E-state index < -0.39 is 6.10 Å². The first-order valence-electron chi connectivity index (χ1n) is 2.70. The zero-order valence-corrected chi connectivity index (χ0v) is 4.59. The van der Waals surface area contributed by atoms with Crippen LogP contribution in [0.1, 0.15) is 0 Å². The van der Waals surface area contributed by atoms with Crippen LogP contribution in [-0.2, 0) is 0 Å². The molecule has 3 N–H and O–H groups in total. The van der Waals surface area contributed by atoms with Crippen LogP contribution in [-0.4, -0.2) is 32.1 Å². The SMILES string of the molecule is [B][C@@H]1CNNC[C@H]1O. The van der Waals surface area contributed by atoms with Crippen LogP contribution in [0.2, 0.25) is 5.82 Å². The highest BCUT2D eigenvalue weighted by molar-refractivity contribution is 6.12. The van der Waals surface area contributed by atoms with Crippen molar-refractivity contribution in [3.63, 3.8) is 0 Å². The van der Waals surface area contributed by atoms with Crippen LogP contribution >= 0.6 is 0 Å². The van der Waals surface area contributed by atoms with E-state index in [-0.39, 0.29) is 5.82 Å². The molecule has 1 aliphatic heterocycles. The Kier molecular flexibility index (Phi) is 1.88. The van der Waals surface area contributed by atoms with Crippen LogP contribution in [0.25, 0.3) is 0 Å². The summed E-state index contributed by atoms with van der Waals surface area (Å²) in [5.41, 5.74) is 5.61. The molecule has 1 aliphatic rings. The predicted molar refractivity (Wildman–Crippen MR) is 31.5 cm³/mol. The van der Waals surface area contributed by atoms with Crippen molar-refractivity contribution in [1.29, 1.82) is 0 Å². The highest BCUT2D eigenvalue weighted by atomic mass is 16.3. The van der Waals surface area contributed by atoms with Crippen molar-refractivity contribution in [3.05, 3.63) is 0 Å². The van der Waals surface area contributed by atoms with Crippen molar-refractivity contribution in [2.75, 3.05) is 13.1 Å². The van der Waals surface area contributed by atoms with Gasteiger partial charge in [-0.05, 0) is 5.82 Å². The van der Waals surface area contributed by atoms with E-state index in [1.54, 1.807) is 0 Å².